The van der Waals surface area contributed by atoms with E-state index >= 15 is 0 Å². The van der Waals surface area contributed by atoms with E-state index in [-0.39, 0.29) is 6.42 Å². The van der Waals surface area contributed by atoms with E-state index in [1.165, 1.54) is 25.7 Å². The topological polar surface area (TPSA) is 76.4 Å². The molecule has 2 N–H and O–H groups in total. The summed E-state index contributed by atoms with van der Waals surface area (Å²) in [5.74, 6) is -0.324. The zero-order valence-electron chi connectivity index (χ0n) is 12.1. The number of carboxylic acid groups (broad SMARTS) is 1. The van der Waals surface area contributed by atoms with Crippen molar-refractivity contribution in [2.75, 3.05) is 19.6 Å². The lowest BCUT2D eigenvalue weighted by Gasteiger charge is -2.38. The van der Waals surface area contributed by atoms with Crippen molar-refractivity contribution < 1.29 is 9.90 Å². The number of rotatable bonds is 6. The lowest BCUT2D eigenvalue weighted by atomic mass is 9.90. The number of aliphatic carboxylic acids is 1. The van der Waals surface area contributed by atoms with Gasteiger partial charge in [-0.2, -0.15) is 5.26 Å². The standard InChI is InChI=1S/C15H25N3O2/c16-7-8-18-10-12(5-6-15(19)20)9-14(11-18)17-13-3-1-2-4-13/h12-14,17H,1-6,8-11H2,(H,19,20). The maximum atomic E-state index is 10.7. The van der Waals surface area contributed by atoms with Crippen LogP contribution in [0.25, 0.3) is 0 Å². The van der Waals surface area contributed by atoms with Gasteiger partial charge in [-0.1, -0.05) is 12.8 Å². The van der Waals surface area contributed by atoms with E-state index < -0.39 is 5.97 Å². The summed E-state index contributed by atoms with van der Waals surface area (Å²) in [6.45, 7) is 2.24. The van der Waals surface area contributed by atoms with Crippen LogP contribution in [0.2, 0.25) is 0 Å². The van der Waals surface area contributed by atoms with Crippen LogP contribution in [0.4, 0.5) is 0 Å². The second-order valence-corrected chi connectivity index (χ2v) is 6.23. The quantitative estimate of drug-likeness (QED) is 0.722. The molecule has 5 heteroatoms. The maximum absolute atomic E-state index is 10.7. The predicted molar refractivity (Wildman–Crippen MR) is 76.2 cm³/mol. The second-order valence-electron chi connectivity index (χ2n) is 6.23. The van der Waals surface area contributed by atoms with Gasteiger partial charge in [0, 0.05) is 31.6 Å². The molecule has 2 aliphatic rings. The van der Waals surface area contributed by atoms with Crippen molar-refractivity contribution in [2.24, 2.45) is 5.92 Å². The van der Waals surface area contributed by atoms with Crippen LogP contribution in [0.3, 0.4) is 0 Å². The molecule has 1 heterocycles. The van der Waals surface area contributed by atoms with Crippen LogP contribution in [0, 0.1) is 17.2 Å². The fourth-order valence-electron chi connectivity index (χ4n) is 3.62. The first kappa shape index (κ1) is 15.3. The SMILES string of the molecule is N#CCN1CC(CCC(=O)O)CC(NC2CCCC2)C1. The molecule has 0 radical (unpaired) electrons. The zero-order valence-corrected chi connectivity index (χ0v) is 12.1. The van der Waals surface area contributed by atoms with Crippen molar-refractivity contribution in [3.8, 4) is 6.07 Å². The first-order valence-electron chi connectivity index (χ1n) is 7.74. The first-order valence-corrected chi connectivity index (χ1v) is 7.74. The van der Waals surface area contributed by atoms with E-state index in [2.05, 4.69) is 16.3 Å². The lowest BCUT2D eigenvalue weighted by molar-refractivity contribution is -0.137. The molecule has 2 atom stereocenters. The minimum Gasteiger partial charge on any atom is -0.481 e. The average Bonchev–Trinajstić information content (AvgIpc) is 2.89. The molecule has 1 saturated heterocycles. The van der Waals surface area contributed by atoms with Gasteiger partial charge in [0.05, 0.1) is 12.6 Å². The molecule has 0 amide bonds. The number of hydrogen-bond donors (Lipinski definition) is 2. The summed E-state index contributed by atoms with van der Waals surface area (Å²) >= 11 is 0. The molecular weight excluding hydrogens is 254 g/mol. The van der Waals surface area contributed by atoms with Crippen molar-refractivity contribution in [3.63, 3.8) is 0 Å². The third kappa shape index (κ3) is 4.77. The minimum atomic E-state index is -0.720. The van der Waals surface area contributed by atoms with E-state index in [1.54, 1.807) is 0 Å². The molecule has 2 unspecified atom stereocenters. The van der Waals surface area contributed by atoms with Crippen molar-refractivity contribution in [3.05, 3.63) is 0 Å². The van der Waals surface area contributed by atoms with Crippen LogP contribution in [-0.4, -0.2) is 47.7 Å². The first-order chi connectivity index (χ1) is 9.67. The van der Waals surface area contributed by atoms with Gasteiger partial charge in [0.25, 0.3) is 0 Å². The Hall–Kier alpha value is -1.12. The van der Waals surface area contributed by atoms with Crippen molar-refractivity contribution in [2.45, 2.75) is 57.0 Å². The highest BCUT2D eigenvalue weighted by Gasteiger charge is 2.29. The van der Waals surface area contributed by atoms with Crippen LogP contribution in [0.15, 0.2) is 0 Å². The molecule has 20 heavy (non-hydrogen) atoms. The number of nitriles is 1. The molecule has 0 aromatic rings. The molecule has 0 bridgehead atoms. The van der Waals surface area contributed by atoms with Gasteiger partial charge in [0.1, 0.15) is 0 Å². The van der Waals surface area contributed by atoms with E-state index in [0.29, 0.717) is 24.5 Å². The van der Waals surface area contributed by atoms with E-state index in [4.69, 9.17) is 10.4 Å². The Morgan fingerprint density at radius 3 is 2.70 bits per heavy atom. The van der Waals surface area contributed by atoms with Crippen molar-refractivity contribution in [1.29, 1.82) is 5.26 Å². The predicted octanol–water partition coefficient (Wildman–Crippen LogP) is 1.60. The lowest BCUT2D eigenvalue weighted by Crippen LogP contribution is -2.51. The Kier molecular flexibility index (Phi) is 5.81. The molecule has 2 rings (SSSR count). The molecule has 1 aliphatic carbocycles. The summed E-state index contributed by atoms with van der Waals surface area (Å²) < 4.78 is 0. The van der Waals surface area contributed by atoms with Crippen molar-refractivity contribution in [1.82, 2.24) is 10.2 Å². The fourth-order valence-corrected chi connectivity index (χ4v) is 3.62. The molecule has 2 fully saturated rings. The second kappa shape index (κ2) is 7.61. The normalized spacial score (nSPS) is 28.4. The van der Waals surface area contributed by atoms with Crippen LogP contribution >= 0.6 is 0 Å². The smallest absolute Gasteiger partial charge is 0.303 e. The number of likely N-dealkylation sites (tertiary alicyclic amines) is 1. The fraction of sp³-hybridized carbons (Fsp3) is 0.867. The van der Waals surface area contributed by atoms with Gasteiger partial charge in [0.2, 0.25) is 0 Å². The molecule has 1 saturated carbocycles. The molecule has 0 aromatic heterocycles. The number of piperidine rings is 1. The maximum Gasteiger partial charge on any atom is 0.303 e. The molecule has 5 nitrogen and oxygen atoms in total. The minimum absolute atomic E-state index is 0.237. The summed E-state index contributed by atoms with van der Waals surface area (Å²) in [5, 5.41) is 21.4. The van der Waals surface area contributed by atoms with Gasteiger partial charge in [-0.25, -0.2) is 0 Å². The molecule has 112 valence electrons. The zero-order chi connectivity index (χ0) is 14.4. The number of nitrogens with one attached hydrogen (secondary N) is 1. The van der Waals surface area contributed by atoms with Gasteiger partial charge in [-0.15, -0.1) is 0 Å². The summed E-state index contributed by atoms with van der Waals surface area (Å²) in [5.41, 5.74) is 0. The van der Waals surface area contributed by atoms with E-state index in [9.17, 15) is 4.79 Å². The highest BCUT2D eigenvalue weighted by molar-refractivity contribution is 5.66. The van der Waals surface area contributed by atoms with Gasteiger partial charge >= 0.3 is 5.97 Å². The molecule has 0 aromatic carbocycles. The van der Waals surface area contributed by atoms with Gasteiger partial charge in [-0.05, 0) is 31.6 Å². The largest absolute Gasteiger partial charge is 0.481 e. The third-order valence-corrected chi connectivity index (χ3v) is 4.50. The highest BCUT2D eigenvalue weighted by Crippen LogP contribution is 2.24. The van der Waals surface area contributed by atoms with Crippen molar-refractivity contribution >= 4 is 5.97 Å². The number of carbonyl (C=O) groups is 1. The Morgan fingerprint density at radius 2 is 2.05 bits per heavy atom. The van der Waals surface area contributed by atoms with E-state index in [1.807, 2.05) is 0 Å². The summed E-state index contributed by atoms with van der Waals surface area (Å²) in [7, 11) is 0. The Bertz CT molecular complexity index is 361. The number of carboxylic acids is 1. The third-order valence-electron chi connectivity index (χ3n) is 4.50. The van der Waals surface area contributed by atoms with Gasteiger partial charge in [0.15, 0.2) is 0 Å². The Labute approximate surface area is 120 Å². The molecule has 1 aliphatic heterocycles. The summed E-state index contributed by atoms with van der Waals surface area (Å²) in [4.78, 5) is 12.9. The van der Waals surface area contributed by atoms with E-state index in [0.717, 1.165) is 25.9 Å². The van der Waals surface area contributed by atoms with Crippen LogP contribution < -0.4 is 5.32 Å². The number of nitrogens with zero attached hydrogens (tertiary/aromatic N) is 2. The summed E-state index contributed by atoms with van der Waals surface area (Å²) in [6, 6.07) is 3.26. The Balaban J connectivity index is 1.85. The monoisotopic (exact) mass is 279 g/mol. The summed E-state index contributed by atoms with van der Waals surface area (Å²) in [6.07, 6.45) is 7.15. The van der Waals surface area contributed by atoms with Crippen LogP contribution in [-0.2, 0) is 4.79 Å². The average molecular weight is 279 g/mol. The van der Waals surface area contributed by atoms with Crippen LogP contribution in [0.1, 0.15) is 44.9 Å². The molecule has 0 spiro atoms. The Morgan fingerprint density at radius 1 is 1.30 bits per heavy atom. The molecular formula is C15H25N3O2. The van der Waals surface area contributed by atoms with Crippen LogP contribution in [0.5, 0.6) is 0 Å². The highest BCUT2D eigenvalue weighted by atomic mass is 16.4. The number of hydrogen-bond acceptors (Lipinski definition) is 4. The van der Waals surface area contributed by atoms with Gasteiger partial charge in [-0.3, -0.25) is 9.69 Å². The van der Waals surface area contributed by atoms with Gasteiger partial charge < -0.3 is 10.4 Å².